The molecule has 0 fully saturated rings. The van der Waals surface area contributed by atoms with Gasteiger partial charge in [-0.3, -0.25) is 0 Å². The Kier molecular flexibility index (Phi) is 4.38. The summed E-state index contributed by atoms with van der Waals surface area (Å²) < 4.78 is 5.07. The molecule has 0 radical (unpaired) electrons. The van der Waals surface area contributed by atoms with E-state index in [-0.39, 0.29) is 6.04 Å². The Balaban J connectivity index is 1.86. The van der Waals surface area contributed by atoms with Crippen LogP contribution in [-0.2, 0) is 17.9 Å². The third kappa shape index (κ3) is 3.35. The number of methoxy groups -OCH3 is 1. The van der Waals surface area contributed by atoms with Gasteiger partial charge in [0, 0.05) is 13.7 Å². The molecule has 1 aromatic carbocycles. The summed E-state index contributed by atoms with van der Waals surface area (Å²) in [5, 5.41) is 17.2. The molecule has 1 atom stereocenters. The van der Waals surface area contributed by atoms with Crippen molar-refractivity contribution in [3.8, 4) is 0 Å². The van der Waals surface area contributed by atoms with Crippen molar-refractivity contribution in [2.45, 2.75) is 26.1 Å². The van der Waals surface area contributed by atoms with Crippen molar-refractivity contribution in [3.05, 3.63) is 41.2 Å². The van der Waals surface area contributed by atoms with Crippen molar-refractivity contribution in [1.82, 2.24) is 25.9 Å². The number of ether oxygens (including phenoxy) is 1. The molecule has 1 unspecified atom stereocenters. The first kappa shape index (κ1) is 12.7. The van der Waals surface area contributed by atoms with E-state index in [9.17, 15) is 0 Å². The van der Waals surface area contributed by atoms with E-state index in [1.165, 1.54) is 11.1 Å². The summed E-state index contributed by atoms with van der Waals surface area (Å²) in [4.78, 5) is 0. The first-order chi connectivity index (χ1) is 8.79. The largest absolute Gasteiger partial charge is 0.380 e. The van der Waals surface area contributed by atoms with Crippen LogP contribution in [0.1, 0.15) is 29.9 Å². The van der Waals surface area contributed by atoms with Crippen LogP contribution in [0.25, 0.3) is 0 Å². The van der Waals surface area contributed by atoms with Gasteiger partial charge in [-0.1, -0.05) is 29.5 Å². The highest BCUT2D eigenvalue weighted by molar-refractivity contribution is 5.22. The Hall–Kier alpha value is -1.79. The molecular formula is C12H17N5O. The van der Waals surface area contributed by atoms with Crippen LogP contribution in [0.2, 0.25) is 0 Å². The number of benzene rings is 1. The van der Waals surface area contributed by atoms with E-state index < -0.39 is 0 Å². The number of nitrogens with zero attached hydrogens (tertiary/aromatic N) is 3. The standard InChI is InChI=1S/C12H17N5O/c1-9(12-14-16-17-15-12)13-7-10-3-5-11(6-4-10)8-18-2/h3-6,9,13H,7-8H2,1-2H3,(H,14,15,16,17). The number of tetrazole rings is 1. The Labute approximate surface area is 106 Å². The molecule has 0 aliphatic rings. The van der Waals surface area contributed by atoms with Crippen molar-refractivity contribution in [3.63, 3.8) is 0 Å². The SMILES string of the molecule is COCc1ccc(CNC(C)c2nn[nH]n2)cc1. The molecule has 18 heavy (non-hydrogen) atoms. The van der Waals surface area contributed by atoms with Crippen LogP contribution < -0.4 is 5.32 Å². The summed E-state index contributed by atoms with van der Waals surface area (Å²) in [5.41, 5.74) is 2.39. The third-order valence-corrected chi connectivity index (χ3v) is 2.70. The second kappa shape index (κ2) is 6.23. The fraction of sp³-hybridized carbons (Fsp3) is 0.417. The van der Waals surface area contributed by atoms with Gasteiger partial charge in [0.25, 0.3) is 0 Å². The van der Waals surface area contributed by atoms with Gasteiger partial charge >= 0.3 is 0 Å². The van der Waals surface area contributed by atoms with Crippen LogP contribution in [-0.4, -0.2) is 27.7 Å². The maximum absolute atomic E-state index is 5.07. The fourth-order valence-corrected chi connectivity index (χ4v) is 1.64. The van der Waals surface area contributed by atoms with Gasteiger partial charge in [-0.2, -0.15) is 5.21 Å². The summed E-state index contributed by atoms with van der Waals surface area (Å²) in [5.74, 6) is 0.672. The predicted molar refractivity (Wildman–Crippen MR) is 66.6 cm³/mol. The van der Waals surface area contributed by atoms with Crippen LogP contribution in [0.15, 0.2) is 24.3 Å². The van der Waals surface area contributed by atoms with Crippen LogP contribution >= 0.6 is 0 Å². The second-order valence-electron chi connectivity index (χ2n) is 4.12. The molecule has 6 nitrogen and oxygen atoms in total. The summed E-state index contributed by atoms with van der Waals surface area (Å²) >= 11 is 0. The topological polar surface area (TPSA) is 75.7 Å². The normalized spacial score (nSPS) is 12.6. The van der Waals surface area contributed by atoms with Gasteiger partial charge < -0.3 is 10.1 Å². The fourth-order valence-electron chi connectivity index (χ4n) is 1.64. The first-order valence-corrected chi connectivity index (χ1v) is 5.83. The summed E-state index contributed by atoms with van der Waals surface area (Å²) in [6, 6.07) is 8.38. The lowest BCUT2D eigenvalue weighted by atomic mass is 10.1. The lowest BCUT2D eigenvalue weighted by molar-refractivity contribution is 0.185. The molecule has 0 aliphatic heterocycles. The molecule has 1 heterocycles. The molecule has 2 N–H and O–H groups in total. The minimum absolute atomic E-state index is 0.0717. The maximum atomic E-state index is 5.07. The number of nitrogens with one attached hydrogen (secondary N) is 2. The van der Waals surface area contributed by atoms with Gasteiger partial charge in [0.2, 0.25) is 0 Å². The van der Waals surface area contributed by atoms with E-state index in [4.69, 9.17) is 4.74 Å². The van der Waals surface area contributed by atoms with Crippen LogP contribution in [0.5, 0.6) is 0 Å². The lowest BCUT2D eigenvalue weighted by Crippen LogP contribution is -2.19. The highest BCUT2D eigenvalue weighted by atomic mass is 16.5. The van der Waals surface area contributed by atoms with Crippen LogP contribution in [0, 0.1) is 0 Å². The Morgan fingerprint density at radius 3 is 2.61 bits per heavy atom. The quantitative estimate of drug-likeness (QED) is 0.802. The van der Waals surface area contributed by atoms with Crippen molar-refractivity contribution in [2.75, 3.05) is 7.11 Å². The molecule has 0 saturated heterocycles. The number of aromatic nitrogens is 4. The van der Waals surface area contributed by atoms with E-state index in [2.05, 4.69) is 50.2 Å². The predicted octanol–water partition coefficient (Wildman–Crippen LogP) is 1.20. The second-order valence-corrected chi connectivity index (χ2v) is 4.12. The van der Waals surface area contributed by atoms with Gasteiger partial charge in [0.1, 0.15) is 0 Å². The Morgan fingerprint density at radius 1 is 1.28 bits per heavy atom. The van der Waals surface area contributed by atoms with Crippen LogP contribution in [0.3, 0.4) is 0 Å². The number of hydrogen-bond donors (Lipinski definition) is 2. The highest BCUT2D eigenvalue weighted by Crippen LogP contribution is 2.08. The third-order valence-electron chi connectivity index (χ3n) is 2.70. The smallest absolute Gasteiger partial charge is 0.191 e. The summed E-state index contributed by atoms with van der Waals surface area (Å²) in [6.07, 6.45) is 0. The zero-order chi connectivity index (χ0) is 12.8. The van der Waals surface area contributed by atoms with Crippen molar-refractivity contribution in [2.24, 2.45) is 0 Å². The van der Waals surface area contributed by atoms with Gasteiger partial charge in [-0.25, -0.2) is 0 Å². The van der Waals surface area contributed by atoms with E-state index in [1.807, 2.05) is 6.92 Å². The molecule has 0 bridgehead atoms. The molecular weight excluding hydrogens is 230 g/mol. The average molecular weight is 247 g/mol. The number of hydrogen-bond acceptors (Lipinski definition) is 5. The lowest BCUT2D eigenvalue weighted by Gasteiger charge is -2.10. The minimum atomic E-state index is 0.0717. The molecule has 0 spiro atoms. The maximum Gasteiger partial charge on any atom is 0.191 e. The molecule has 0 saturated carbocycles. The highest BCUT2D eigenvalue weighted by Gasteiger charge is 2.08. The molecule has 96 valence electrons. The zero-order valence-corrected chi connectivity index (χ0v) is 10.6. The Bertz CT molecular complexity index is 454. The summed E-state index contributed by atoms with van der Waals surface area (Å²) in [6.45, 7) is 3.42. The summed E-state index contributed by atoms with van der Waals surface area (Å²) in [7, 11) is 1.70. The van der Waals surface area contributed by atoms with E-state index >= 15 is 0 Å². The van der Waals surface area contributed by atoms with Crippen molar-refractivity contribution < 1.29 is 4.74 Å². The van der Waals surface area contributed by atoms with Gasteiger partial charge in [0.15, 0.2) is 5.82 Å². The van der Waals surface area contributed by atoms with Gasteiger partial charge in [-0.05, 0) is 18.1 Å². The molecule has 0 aliphatic carbocycles. The minimum Gasteiger partial charge on any atom is -0.380 e. The molecule has 1 aromatic heterocycles. The monoisotopic (exact) mass is 247 g/mol. The molecule has 6 heteroatoms. The first-order valence-electron chi connectivity index (χ1n) is 5.83. The van der Waals surface area contributed by atoms with Crippen molar-refractivity contribution >= 4 is 0 Å². The number of rotatable bonds is 6. The molecule has 2 rings (SSSR count). The molecule has 0 amide bonds. The van der Waals surface area contributed by atoms with E-state index in [0.29, 0.717) is 12.4 Å². The Morgan fingerprint density at radius 2 is 2.00 bits per heavy atom. The van der Waals surface area contributed by atoms with Gasteiger partial charge in [0.05, 0.1) is 12.6 Å². The van der Waals surface area contributed by atoms with Gasteiger partial charge in [-0.15, -0.1) is 10.2 Å². The average Bonchev–Trinajstić information content (AvgIpc) is 2.92. The zero-order valence-electron chi connectivity index (χ0n) is 10.6. The van der Waals surface area contributed by atoms with E-state index in [1.54, 1.807) is 7.11 Å². The number of H-pyrrole nitrogens is 1. The number of aromatic amines is 1. The van der Waals surface area contributed by atoms with Crippen LogP contribution in [0.4, 0.5) is 0 Å². The molecule has 2 aromatic rings. The van der Waals surface area contributed by atoms with E-state index in [0.717, 1.165) is 6.54 Å². The van der Waals surface area contributed by atoms with Crippen molar-refractivity contribution in [1.29, 1.82) is 0 Å².